The van der Waals surface area contributed by atoms with Crippen molar-refractivity contribution in [2.75, 3.05) is 19.6 Å². The fraction of sp³-hybridized carbons (Fsp3) is 0.600. The lowest BCUT2D eigenvalue weighted by atomic mass is 10.2. The first kappa shape index (κ1) is 10.2. The largest absolute Gasteiger partial charge is 0.336 e. The van der Waals surface area contributed by atoms with E-state index in [1.54, 1.807) is 17.1 Å². The van der Waals surface area contributed by atoms with E-state index in [1.807, 2.05) is 11.9 Å². The van der Waals surface area contributed by atoms with Crippen LogP contribution in [0.25, 0.3) is 0 Å². The van der Waals surface area contributed by atoms with Crippen molar-refractivity contribution in [2.24, 2.45) is 7.05 Å². The predicted octanol–water partition coefficient (Wildman–Crippen LogP) is -0.146. The molecule has 5 nitrogen and oxygen atoms in total. The molecule has 15 heavy (non-hydrogen) atoms. The van der Waals surface area contributed by atoms with Gasteiger partial charge >= 0.3 is 0 Å². The normalized spacial score (nSPS) is 21.7. The van der Waals surface area contributed by atoms with Crippen LogP contribution in [0, 0.1) is 0 Å². The monoisotopic (exact) mass is 208 g/mol. The number of aromatic nitrogens is 2. The highest BCUT2D eigenvalue weighted by atomic mass is 16.2. The Morgan fingerprint density at radius 3 is 3.07 bits per heavy atom. The minimum atomic E-state index is 0.0800. The maximum Gasteiger partial charge on any atom is 0.257 e. The number of amides is 1. The van der Waals surface area contributed by atoms with Gasteiger partial charge in [0.05, 0.1) is 11.8 Å². The molecule has 0 aliphatic carbocycles. The number of nitrogens with one attached hydrogen (secondary N) is 1. The van der Waals surface area contributed by atoms with Crippen molar-refractivity contribution in [3.05, 3.63) is 18.0 Å². The summed E-state index contributed by atoms with van der Waals surface area (Å²) in [6.07, 6.45) is 3.38. The number of aryl methyl sites for hydroxylation is 1. The van der Waals surface area contributed by atoms with Crippen molar-refractivity contribution in [3.8, 4) is 0 Å². The van der Waals surface area contributed by atoms with E-state index in [0.717, 1.165) is 19.6 Å². The summed E-state index contributed by atoms with van der Waals surface area (Å²) >= 11 is 0. The number of piperazine rings is 1. The Morgan fingerprint density at radius 1 is 1.67 bits per heavy atom. The van der Waals surface area contributed by atoms with Crippen LogP contribution in [0.5, 0.6) is 0 Å². The third-order valence-corrected chi connectivity index (χ3v) is 2.61. The second-order valence-corrected chi connectivity index (χ2v) is 4.01. The zero-order chi connectivity index (χ0) is 10.8. The van der Waals surface area contributed by atoms with Gasteiger partial charge in [-0.3, -0.25) is 9.48 Å². The van der Waals surface area contributed by atoms with E-state index >= 15 is 0 Å². The lowest BCUT2D eigenvalue weighted by Crippen LogP contribution is -2.51. The van der Waals surface area contributed by atoms with Gasteiger partial charge in [-0.25, -0.2) is 0 Å². The molecule has 1 amide bonds. The topological polar surface area (TPSA) is 50.2 Å². The van der Waals surface area contributed by atoms with E-state index in [-0.39, 0.29) is 5.91 Å². The molecule has 0 spiro atoms. The predicted molar refractivity (Wildman–Crippen MR) is 56.6 cm³/mol. The van der Waals surface area contributed by atoms with Gasteiger partial charge in [0, 0.05) is 38.9 Å². The van der Waals surface area contributed by atoms with Gasteiger partial charge in [0.2, 0.25) is 0 Å². The van der Waals surface area contributed by atoms with E-state index < -0.39 is 0 Å². The molecule has 1 N–H and O–H groups in total. The van der Waals surface area contributed by atoms with Crippen molar-refractivity contribution >= 4 is 5.91 Å². The molecule has 1 fully saturated rings. The van der Waals surface area contributed by atoms with Gasteiger partial charge < -0.3 is 10.2 Å². The molecular weight excluding hydrogens is 192 g/mol. The Hall–Kier alpha value is -1.36. The lowest BCUT2D eigenvalue weighted by molar-refractivity contribution is 0.0709. The molecule has 0 bridgehead atoms. The van der Waals surface area contributed by atoms with Crippen LogP contribution < -0.4 is 5.32 Å². The van der Waals surface area contributed by atoms with Crippen molar-refractivity contribution in [2.45, 2.75) is 13.0 Å². The Labute approximate surface area is 89.1 Å². The van der Waals surface area contributed by atoms with Crippen LogP contribution in [0.4, 0.5) is 0 Å². The lowest BCUT2D eigenvalue weighted by Gasteiger charge is -2.31. The van der Waals surface area contributed by atoms with Crippen molar-refractivity contribution < 1.29 is 4.79 Å². The molecule has 2 rings (SSSR count). The molecule has 1 aromatic heterocycles. The van der Waals surface area contributed by atoms with E-state index in [2.05, 4.69) is 17.3 Å². The fourth-order valence-electron chi connectivity index (χ4n) is 1.83. The van der Waals surface area contributed by atoms with Gasteiger partial charge in [-0.15, -0.1) is 0 Å². The maximum atomic E-state index is 12.0. The van der Waals surface area contributed by atoms with Crippen LogP contribution in [0.2, 0.25) is 0 Å². The summed E-state index contributed by atoms with van der Waals surface area (Å²) in [5.74, 6) is 0.0800. The molecule has 5 heteroatoms. The molecule has 1 aliphatic rings. The highest BCUT2D eigenvalue weighted by Crippen LogP contribution is 2.06. The first-order valence-corrected chi connectivity index (χ1v) is 5.18. The number of carbonyl (C=O) groups excluding carboxylic acids is 1. The average molecular weight is 208 g/mol. The van der Waals surface area contributed by atoms with Crippen LogP contribution in [0.1, 0.15) is 17.3 Å². The van der Waals surface area contributed by atoms with Crippen molar-refractivity contribution in [1.29, 1.82) is 0 Å². The third kappa shape index (κ3) is 2.18. The number of carbonyl (C=O) groups is 1. The number of nitrogens with zero attached hydrogens (tertiary/aromatic N) is 3. The molecule has 0 radical (unpaired) electrons. The van der Waals surface area contributed by atoms with Gasteiger partial charge in [0.25, 0.3) is 5.91 Å². The summed E-state index contributed by atoms with van der Waals surface area (Å²) in [5, 5.41) is 7.31. The Balaban J connectivity index is 2.07. The van der Waals surface area contributed by atoms with Crippen LogP contribution in [0.3, 0.4) is 0 Å². The molecular formula is C10H16N4O. The molecule has 1 atom stereocenters. The van der Waals surface area contributed by atoms with E-state index in [4.69, 9.17) is 0 Å². The highest BCUT2D eigenvalue weighted by molar-refractivity contribution is 5.93. The second kappa shape index (κ2) is 4.02. The quantitative estimate of drug-likeness (QED) is 0.698. The molecule has 1 unspecified atom stereocenters. The summed E-state index contributed by atoms with van der Waals surface area (Å²) in [4.78, 5) is 13.9. The summed E-state index contributed by atoms with van der Waals surface area (Å²) < 4.78 is 1.65. The van der Waals surface area contributed by atoms with Crippen LogP contribution in [-0.2, 0) is 7.05 Å². The SMILES string of the molecule is CC1CN(C(=O)c2cnn(C)c2)CCN1. The summed E-state index contributed by atoms with van der Waals surface area (Å²) in [6, 6.07) is 0.374. The minimum absolute atomic E-state index is 0.0800. The van der Waals surface area contributed by atoms with Gasteiger partial charge in [-0.2, -0.15) is 5.10 Å². The number of hydrogen-bond acceptors (Lipinski definition) is 3. The van der Waals surface area contributed by atoms with Gasteiger partial charge in [0.1, 0.15) is 0 Å². The van der Waals surface area contributed by atoms with Gasteiger partial charge in [0.15, 0.2) is 0 Å². The Kier molecular flexibility index (Phi) is 2.73. The van der Waals surface area contributed by atoms with E-state index in [1.165, 1.54) is 0 Å². The second-order valence-electron chi connectivity index (χ2n) is 4.01. The highest BCUT2D eigenvalue weighted by Gasteiger charge is 2.22. The molecule has 1 aliphatic heterocycles. The molecule has 1 saturated heterocycles. The smallest absolute Gasteiger partial charge is 0.257 e. The molecule has 0 aromatic carbocycles. The van der Waals surface area contributed by atoms with E-state index in [0.29, 0.717) is 11.6 Å². The van der Waals surface area contributed by atoms with Gasteiger partial charge in [-0.05, 0) is 6.92 Å². The van der Waals surface area contributed by atoms with Gasteiger partial charge in [-0.1, -0.05) is 0 Å². The molecule has 82 valence electrons. The van der Waals surface area contributed by atoms with Crippen molar-refractivity contribution in [1.82, 2.24) is 20.0 Å². The maximum absolute atomic E-state index is 12.0. The number of rotatable bonds is 1. The third-order valence-electron chi connectivity index (χ3n) is 2.61. The summed E-state index contributed by atoms with van der Waals surface area (Å²) in [5.41, 5.74) is 0.673. The zero-order valence-corrected chi connectivity index (χ0v) is 9.10. The summed E-state index contributed by atoms with van der Waals surface area (Å²) in [6.45, 7) is 4.50. The first-order valence-electron chi connectivity index (χ1n) is 5.18. The Morgan fingerprint density at radius 2 is 2.47 bits per heavy atom. The number of hydrogen-bond donors (Lipinski definition) is 1. The molecule has 1 aromatic rings. The Bertz CT molecular complexity index is 360. The van der Waals surface area contributed by atoms with Crippen LogP contribution in [-0.4, -0.2) is 46.3 Å². The molecule has 2 heterocycles. The minimum Gasteiger partial charge on any atom is -0.336 e. The van der Waals surface area contributed by atoms with E-state index in [9.17, 15) is 4.79 Å². The standard InChI is InChI=1S/C10H16N4O/c1-8-6-14(4-3-11-8)10(15)9-5-12-13(2)7-9/h5,7-8,11H,3-4,6H2,1-2H3. The van der Waals surface area contributed by atoms with Crippen LogP contribution >= 0.6 is 0 Å². The first-order chi connectivity index (χ1) is 7.16. The average Bonchev–Trinajstić information content (AvgIpc) is 2.64. The molecule has 0 saturated carbocycles. The van der Waals surface area contributed by atoms with Crippen LogP contribution in [0.15, 0.2) is 12.4 Å². The fourth-order valence-corrected chi connectivity index (χ4v) is 1.83. The summed E-state index contributed by atoms with van der Waals surface area (Å²) in [7, 11) is 1.82. The zero-order valence-electron chi connectivity index (χ0n) is 9.10. The van der Waals surface area contributed by atoms with Crippen molar-refractivity contribution in [3.63, 3.8) is 0 Å².